The van der Waals surface area contributed by atoms with Crippen LogP contribution < -0.4 is 19.7 Å². The zero-order valence-electron chi connectivity index (χ0n) is 16.9. The van der Waals surface area contributed by atoms with Gasteiger partial charge in [0.05, 0.1) is 24.7 Å². The second-order valence-corrected chi connectivity index (χ2v) is 7.76. The number of ether oxygens (including phenoxy) is 2. The van der Waals surface area contributed by atoms with Crippen molar-refractivity contribution in [2.75, 3.05) is 25.1 Å². The van der Waals surface area contributed by atoms with Crippen molar-refractivity contribution in [3.05, 3.63) is 58.1 Å². The Morgan fingerprint density at radius 2 is 1.93 bits per heavy atom. The number of benzene rings is 2. The van der Waals surface area contributed by atoms with Crippen LogP contribution in [0.4, 0.5) is 11.4 Å². The number of anilines is 1. The van der Waals surface area contributed by atoms with Crippen molar-refractivity contribution in [1.29, 1.82) is 0 Å². The van der Waals surface area contributed by atoms with Gasteiger partial charge in [0, 0.05) is 30.9 Å². The van der Waals surface area contributed by atoms with Gasteiger partial charge in [-0.15, -0.1) is 0 Å². The monoisotopic (exact) mass is 412 g/mol. The van der Waals surface area contributed by atoms with Crippen LogP contribution in [0.5, 0.6) is 11.5 Å². The summed E-state index contributed by atoms with van der Waals surface area (Å²) in [5.74, 6) is 1.30. The zero-order valence-corrected chi connectivity index (χ0v) is 16.9. The number of para-hydroxylation sites is 2. The van der Waals surface area contributed by atoms with Gasteiger partial charge in [-0.05, 0) is 31.2 Å². The van der Waals surface area contributed by atoms with Crippen molar-refractivity contribution in [1.82, 2.24) is 0 Å². The Balaban J connectivity index is 1.51. The predicted octanol–water partition coefficient (Wildman–Crippen LogP) is 2.50. The lowest BCUT2D eigenvalue weighted by atomic mass is 10.0. The van der Waals surface area contributed by atoms with Gasteiger partial charge in [0.15, 0.2) is 17.5 Å². The summed E-state index contributed by atoms with van der Waals surface area (Å²) in [6.07, 6.45) is 2.84. The Hall–Kier alpha value is -3.13. The first kappa shape index (κ1) is 20.2. The molecule has 2 aliphatic heterocycles. The highest BCUT2D eigenvalue weighted by atomic mass is 16.6. The van der Waals surface area contributed by atoms with E-state index in [0.717, 1.165) is 47.8 Å². The minimum Gasteiger partial charge on any atom is -0.490 e. The molecule has 3 atom stereocenters. The Morgan fingerprint density at radius 3 is 2.73 bits per heavy atom. The second-order valence-electron chi connectivity index (χ2n) is 7.76. The molecule has 158 valence electrons. The number of likely N-dealkylation sites (tertiary alicyclic amines) is 1. The Morgan fingerprint density at radius 1 is 1.17 bits per heavy atom. The summed E-state index contributed by atoms with van der Waals surface area (Å²) in [4.78, 5) is 24.8. The maximum Gasteiger partial charge on any atom is 0.292 e. The molecule has 0 radical (unpaired) electrons. The molecule has 1 amide bonds. The molecule has 0 spiro atoms. The molecule has 0 bridgehead atoms. The molecule has 1 fully saturated rings. The van der Waals surface area contributed by atoms with Gasteiger partial charge in [-0.2, -0.15) is 0 Å². The van der Waals surface area contributed by atoms with E-state index < -0.39 is 4.92 Å². The first-order valence-corrected chi connectivity index (χ1v) is 10.3. The molecule has 0 aromatic heterocycles. The quantitative estimate of drug-likeness (QED) is 0.581. The summed E-state index contributed by atoms with van der Waals surface area (Å²) >= 11 is 0. The molecule has 8 heteroatoms. The van der Waals surface area contributed by atoms with Gasteiger partial charge in [-0.1, -0.05) is 12.1 Å². The topological polar surface area (TPSA) is 95.1 Å². The van der Waals surface area contributed by atoms with Crippen molar-refractivity contribution >= 4 is 17.3 Å². The van der Waals surface area contributed by atoms with Crippen LogP contribution in [0, 0.1) is 10.1 Å². The van der Waals surface area contributed by atoms with Crippen LogP contribution in [-0.4, -0.2) is 36.6 Å². The number of fused-ring (bicyclic) bond motifs is 1. The molecule has 30 heavy (non-hydrogen) atoms. The third-order valence-corrected chi connectivity index (χ3v) is 5.89. The lowest BCUT2D eigenvalue weighted by molar-refractivity contribution is -0.932. The fourth-order valence-electron chi connectivity index (χ4n) is 4.31. The molecular formula is C22H26N3O5+. The summed E-state index contributed by atoms with van der Waals surface area (Å²) in [6.45, 7) is 4.02. The number of rotatable bonds is 5. The summed E-state index contributed by atoms with van der Waals surface area (Å²) < 4.78 is 11.6. The second kappa shape index (κ2) is 8.71. The number of nitro benzene ring substituents is 1. The van der Waals surface area contributed by atoms with Crippen LogP contribution in [0.25, 0.3) is 0 Å². The highest BCUT2D eigenvalue weighted by molar-refractivity contribution is 5.95. The average molecular weight is 412 g/mol. The molecule has 2 aliphatic rings. The minimum absolute atomic E-state index is 0.103. The molecule has 1 unspecified atom stereocenters. The number of nitrogens with one attached hydrogen (secondary N) is 2. The van der Waals surface area contributed by atoms with Crippen molar-refractivity contribution in [3.63, 3.8) is 0 Å². The van der Waals surface area contributed by atoms with Crippen molar-refractivity contribution in [2.45, 2.75) is 38.3 Å². The smallest absolute Gasteiger partial charge is 0.292 e. The summed E-state index contributed by atoms with van der Waals surface area (Å²) in [5.41, 5.74) is 1.25. The molecule has 8 nitrogen and oxygen atoms in total. The van der Waals surface area contributed by atoms with E-state index in [0.29, 0.717) is 13.2 Å². The third kappa shape index (κ3) is 4.09. The first-order chi connectivity index (χ1) is 14.5. The van der Waals surface area contributed by atoms with E-state index in [2.05, 4.69) is 11.4 Å². The number of quaternary nitrogens is 1. The molecule has 0 aliphatic carbocycles. The van der Waals surface area contributed by atoms with E-state index >= 15 is 0 Å². The summed E-state index contributed by atoms with van der Waals surface area (Å²) in [7, 11) is 0. The molecular weight excluding hydrogens is 386 g/mol. The lowest BCUT2D eigenvalue weighted by Gasteiger charge is -2.27. The van der Waals surface area contributed by atoms with Crippen LogP contribution in [0.15, 0.2) is 42.5 Å². The van der Waals surface area contributed by atoms with Crippen molar-refractivity contribution in [2.24, 2.45) is 0 Å². The van der Waals surface area contributed by atoms with Gasteiger partial charge >= 0.3 is 0 Å². The lowest BCUT2D eigenvalue weighted by Crippen LogP contribution is -3.15. The number of carbonyl (C=O) groups excluding carboxylic acids is 1. The van der Waals surface area contributed by atoms with Gasteiger partial charge in [-0.3, -0.25) is 14.9 Å². The van der Waals surface area contributed by atoms with Gasteiger partial charge < -0.3 is 19.7 Å². The molecule has 0 saturated carbocycles. The van der Waals surface area contributed by atoms with Gasteiger partial charge in [0.1, 0.15) is 11.7 Å². The Bertz CT molecular complexity index is 948. The SMILES string of the molecule is C[C@H](C(=O)Nc1ccccc1[N+](=O)[O-])[NH+]1CCC[C@@H]1c1ccc2c(c1)OCCCO2. The number of nitro groups is 1. The van der Waals surface area contributed by atoms with Gasteiger partial charge in [0.2, 0.25) is 0 Å². The molecule has 2 N–H and O–H groups in total. The number of nitrogens with zero attached hydrogens (tertiary/aromatic N) is 1. The van der Waals surface area contributed by atoms with Crippen LogP contribution in [0.1, 0.15) is 37.8 Å². The molecule has 2 heterocycles. The van der Waals surface area contributed by atoms with E-state index in [1.165, 1.54) is 6.07 Å². The summed E-state index contributed by atoms with van der Waals surface area (Å²) in [6, 6.07) is 12.1. The van der Waals surface area contributed by atoms with E-state index in [-0.39, 0.29) is 29.4 Å². The molecule has 2 aromatic rings. The maximum atomic E-state index is 12.9. The largest absolute Gasteiger partial charge is 0.490 e. The van der Waals surface area contributed by atoms with E-state index in [1.807, 2.05) is 19.1 Å². The third-order valence-electron chi connectivity index (χ3n) is 5.89. The molecule has 2 aromatic carbocycles. The van der Waals surface area contributed by atoms with E-state index in [1.54, 1.807) is 18.2 Å². The van der Waals surface area contributed by atoms with Crippen LogP contribution in [0.3, 0.4) is 0 Å². The zero-order chi connectivity index (χ0) is 21.1. The maximum absolute atomic E-state index is 12.9. The van der Waals surface area contributed by atoms with Crippen molar-refractivity contribution < 1.29 is 24.1 Å². The van der Waals surface area contributed by atoms with E-state index in [9.17, 15) is 14.9 Å². The normalized spacial score (nSPS) is 21.5. The molecule has 4 rings (SSSR count). The fourth-order valence-corrected chi connectivity index (χ4v) is 4.31. The molecule has 1 saturated heterocycles. The first-order valence-electron chi connectivity index (χ1n) is 10.3. The number of hydrogen-bond donors (Lipinski definition) is 2. The average Bonchev–Trinajstić information content (AvgIpc) is 3.11. The van der Waals surface area contributed by atoms with Crippen LogP contribution >= 0.6 is 0 Å². The van der Waals surface area contributed by atoms with Crippen LogP contribution in [-0.2, 0) is 4.79 Å². The van der Waals surface area contributed by atoms with Gasteiger partial charge in [0.25, 0.3) is 11.6 Å². The van der Waals surface area contributed by atoms with Crippen LogP contribution in [0.2, 0.25) is 0 Å². The predicted molar refractivity (Wildman–Crippen MR) is 111 cm³/mol. The summed E-state index contributed by atoms with van der Waals surface area (Å²) in [5, 5.41) is 14.0. The number of hydrogen-bond acceptors (Lipinski definition) is 5. The fraction of sp³-hybridized carbons (Fsp3) is 0.409. The minimum atomic E-state index is -0.483. The highest BCUT2D eigenvalue weighted by Gasteiger charge is 2.38. The Kier molecular flexibility index (Phi) is 5.85. The Labute approximate surface area is 174 Å². The van der Waals surface area contributed by atoms with Crippen molar-refractivity contribution in [3.8, 4) is 11.5 Å². The highest BCUT2D eigenvalue weighted by Crippen LogP contribution is 2.33. The van der Waals surface area contributed by atoms with Gasteiger partial charge in [-0.25, -0.2) is 0 Å². The number of amides is 1. The van der Waals surface area contributed by atoms with E-state index in [4.69, 9.17) is 9.47 Å². The standard InChI is InChI=1S/C22H25N3O5/c1-15(22(26)23-17-6-2-3-7-19(17)25(27)28)24-11-4-8-18(24)16-9-10-20-21(14-16)30-13-5-12-29-20/h2-3,6-7,9-10,14-15,18H,4-5,8,11-13H2,1H3,(H,23,26)/p+1/t15-,18-/m1/s1. The number of carbonyl (C=O) groups is 1.